The second-order valence-corrected chi connectivity index (χ2v) is 17.7. The number of epoxide rings is 1. The zero-order valence-electron chi connectivity index (χ0n) is 33.2. The van der Waals surface area contributed by atoms with E-state index in [-0.39, 0.29) is 34.9 Å². The highest BCUT2D eigenvalue weighted by atomic mass is 35.5. The Balaban J connectivity index is 1.78. The molecule has 3 heterocycles. The van der Waals surface area contributed by atoms with Crippen LogP contribution in [0.5, 0.6) is 5.75 Å². The van der Waals surface area contributed by atoms with Crippen molar-refractivity contribution in [1.29, 1.82) is 0 Å². The van der Waals surface area contributed by atoms with Crippen LogP contribution in [0.2, 0.25) is 5.02 Å². The fourth-order valence-electron chi connectivity index (χ4n) is 7.10. The van der Waals surface area contributed by atoms with Crippen LogP contribution < -0.4 is 15.0 Å². The molecule has 2 saturated heterocycles. The van der Waals surface area contributed by atoms with E-state index in [1.807, 2.05) is 40.7 Å². The van der Waals surface area contributed by atoms with E-state index in [1.54, 1.807) is 45.2 Å². The fraction of sp³-hybridized carbons (Fsp3) is 0.641. The summed E-state index contributed by atoms with van der Waals surface area (Å²) in [5.41, 5.74) is -1.97. The van der Waals surface area contributed by atoms with Crippen LogP contribution in [0.1, 0.15) is 79.7 Å². The zero-order valence-corrected chi connectivity index (χ0v) is 34.8. The average molecular weight is 794 g/mol. The lowest BCUT2D eigenvalue weighted by molar-refractivity contribution is -0.162. The van der Waals surface area contributed by atoms with Gasteiger partial charge in [0.2, 0.25) is 11.8 Å². The number of thiol groups is 1. The van der Waals surface area contributed by atoms with Crippen LogP contribution in [0.3, 0.4) is 0 Å². The Hall–Kier alpha value is -3.30. The molecule has 54 heavy (non-hydrogen) atoms. The number of likely N-dealkylation sites (N-methyl/N-ethyl adjacent to an activating group) is 1. The summed E-state index contributed by atoms with van der Waals surface area (Å²) in [6, 6.07) is 2.59. The number of rotatable bonds is 8. The predicted octanol–water partition coefficient (Wildman–Crippen LogP) is 5.39. The number of alkyl carbamates (subject to hydrolysis) is 1. The molecule has 4 rings (SSSR count). The van der Waals surface area contributed by atoms with Crippen LogP contribution in [0, 0.1) is 5.41 Å². The number of fused-ring (bicyclic) bond motifs is 5. The summed E-state index contributed by atoms with van der Waals surface area (Å²) in [7, 11) is 6.03. The summed E-state index contributed by atoms with van der Waals surface area (Å²) in [5, 5.41) is 14.6. The molecule has 4 bridgehead atoms. The molecule has 7 atom stereocenters. The maximum Gasteiger partial charge on any atom is 0.409 e. The van der Waals surface area contributed by atoms with Crippen LogP contribution in [0.15, 0.2) is 35.9 Å². The van der Waals surface area contributed by atoms with Gasteiger partial charge in [-0.2, -0.15) is 12.6 Å². The standard InChI is InChI=1S/C39H56ClN3O10S/c1-22-13-12-14-27(50-11)39(48)21-29(52-35(47)41-39)37(5,6)34-38(7,53-34)28(51-33(46)23(2)42(8)30(44)15-16-36(3,4)54)20-31(45)43(9)25-18-24(17-22)19-26(49-10)32(25)40/h12-14,18-19,23,27-29,34,48,54H,15-17,20-21H2,1-11H3,(H,41,47)/t23?,27?,28?,29-,34-,38-,39-/m0/s1. The number of carbonyl (C=O) groups is 4. The van der Waals surface area contributed by atoms with Gasteiger partial charge in [0.15, 0.2) is 5.72 Å². The first-order chi connectivity index (χ1) is 25.0. The number of carbonyl (C=O) groups excluding carboxylic acids is 4. The summed E-state index contributed by atoms with van der Waals surface area (Å²) in [4.78, 5) is 56.8. The molecule has 15 heteroatoms. The van der Waals surface area contributed by atoms with Gasteiger partial charge in [0, 0.05) is 44.2 Å². The summed E-state index contributed by atoms with van der Waals surface area (Å²) >= 11 is 11.3. The number of aliphatic hydroxyl groups is 1. The van der Waals surface area contributed by atoms with E-state index in [0.29, 0.717) is 24.3 Å². The molecule has 13 nitrogen and oxygen atoms in total. The molecule has 3 amide bonds. The smallest absolute Gasteiger partial charge is 0.409 e. The number of esters is 1. The van der Waals surface area contributed by atoms with Gasteiger partial charge in [0.1, 0.15) is 40.7 Å². The molecule has 3 aliphatic heterocycles. The number of anilines is 1. The quantitative estimate of drug-likeness (QED) is 0.177. The van der Waals surface area contributed by atoms with Crippen molar-refractivity contribution in [2.45, 2.75) is 127 Å². The first-order valence-corrected chi connectivity index (χ1v) is 18.9. The van der Waals surface area contributed by atoms with E-state index < -0.39 is 65.2 Å². The van der Waals surface area contributed by atoms with Gasteiger partial charge in [-0.3, -0.25) is 14.9 Å². The van der Waals surface area contributed by atoms with Gasteiger partial charge in [-0.1, -0.05) is 63.1 Å². The first-order valence-electron chi connectivity index (χ1n) is 18.0. The number of hydrogen-bond donors (Lipinski definition) is 3. The van der Waals surface area contributed by atoms with Crippen molar-refractivity contribution in [3.63, 3.8) is 0 Å². The Bertz CT molecular complexity index is 1680. The third-order valence-electron chi connectivity index (χ3n) is 10.8. The molecule has 0 spiro atoms. The van der Waals surface area contributed by atoms with E-state index in [4.69, 9.17) is 35.3 Å². The van der Waals surface area contributed by atoms with Gasteiger partial charge >= 0.3 is 12.1 Å². The highest BCUT2D eigenvalue weighted by Crippen LogP contribution is 2.54. The van der Waals surface area contributed by atoms with E-state index in [0.717, 1.165) is 11.1 Å². The number of amides is 3. The largest absolute Gasteiger partial charge is 0.495 e. The van der Waals surface area contributed by atoms with Crippen molar-refractivity contribution in [2.75, 3.05) is 33.2 Å². The summed E-state index contributed by atoms with van der Waals surface area (Å²) < 4.78 is 29.1. The van der Waals surface area contributed by atoms with Crippen LogP contribution >= 0.6 is 24.2 Å². The van der Waals surface area contributed by atoms with Gasteiger partial charge in [-0.15, -0.1) is 0 Å². The lowest BCUT2D eigenvalue weighted by Crippen LogP contribution is -2.65. The number of allylic oxidation sites excluding steroid dienone is 3. The number of ether oxygens (including phenoxy) is 5. The Morgan fingerprint density at radius 2 is 1.89 bits per heavy atom. The predicted molar refractivity (Wildman–Crippen MR) is 208 cm³/mol. The molecule has 1 aromatic rings. The van der Waals surface area contributed by atoms with E-state index in [1.165, 1.54) is 31.1 Å². The van der Waals surface area contributed by atoms with E-state index in [9.17, 15) is 24.3 Å². The topological polar surface area (TPSA) is 156 Å². The number of methoxy groups -OCH3 is 2. The van der Waals surface area contributed by atoms with Crippen molar-refractivity contribution in [2.24, 2.45) is 5.41 Å². The number of benzene rings is 1. The van der Waals surface area contributed by atoms with Gasteiger partial charge in [0.05, 0.1) is 25.3 Å². The third kappa shape index (κ3) is 9.55. The summed E-state index contributed by atoms with van der Waals surface area (Å²) in [6.45, 7) is 12.7. The van der Waals surface area contributed by atoms with Crippen molar-refractivity contribution in [3.8, 4) is 5.75 Å². The molecular weight excluding hydrogens is 738 g/mol. The van der Waals surface area contributed by atoms with Gasteiger partial charge in [-0.25, -0.2) is 9.59 Å². The molecular formula is C39H56ClN3O10S. The van der Waals surface area contributed by atoms with Crippen LogP contribution in [0.25, 0.3) is 0 Å². The average Bonchev–Trinajstić information content (AvgIpc) is 3.80. The van der Waals surface area contributed by atoms with E-state index >= 15 is 0 Å². The highest BCUT2D eigenvalue weighted by Gasteiger charge is 2.68. The number of halogens is 1. The Labute approximate surface area is 329 Å². The molecule has 0 aromatic heterocycles. The fourth-order valence-corrected chi connectivity index (χ4v) is 7.52. The lowest BCUT2D eigenvalue weighted by Gasteiger charge is -2.45. The molecule has 2 fully saturated rings. The van der Waals surface area contributed by atoms with Crippen molar-refractivity contribution >= 4 is 53.8 Å². The molecule has 300 valence electrons. The maximum absolute atomic E-state index is 14.2. The van der Waals surface area contributed by atoms with Crippen molar-refractivity contribution in [3.05, 3.63) is 46.5 Å². The Kier molecular flexibility index (Phi) is 13.2. The molecule has 2 N–H and O–H groups in total. The van der Waals surface area contributed by atoms with Crippen LogP contribution in [0.4, 0.5) is 10.5 Å². The number of nitrogens with one attached hydrogen (secondary N) is 1. The van der Waals surface area contributed by atoms with Gasteiger partial charge in [-0.05, 0) is 51.3 Å². The SMILES string of the molecule is COc1cc2cc(c1Cl)N(C)C(=O)CC(OC(=O)C(C)N(C)C(=O)CCC(C)(C)S)[C@]1(C)O[C@H]1C(C)(C)[C@@H]1C[C@@](O)(NC(=O)O1)C(OC)C=CC=C(C)C2. The van der Waals surface area contributed by atoms with Gasteiger partial charge in [0.25, 0.3) is 0 Å². The van der Waals surface area contributed by atoms with Crippen molar-refractivity contribution < 1.29 is 48.0 Å². The van der Waals surface area contributed by atoms with Gasteiger partial charge < -0.3 is 38.6 Å². The Morgan fingerprint density at radius 1 is 1.22 bits per heavy atom. The lowest BCUT2D eigenvalue weighted by atomic mass is 9.73. The second kappa shape index (κ2) is 16.4. The normalized spacial score (nSPS) is 29.2. The molecule has 3 unspecified atom stereocenters. The zero-order chi connectivity index (χ0) is 40.6. The second-order valence-electron chi connectivity index (χ2n) is 16.1. The molecule has 0 saturated carbocycles. The molecule has 0 aliphatic carbocycles. The Morgan fingerprint density at radius 3 is 2.50 bits per heavy atom. The third-order valence-corrected chi connectivity index (χ3v) is 11.4. The highest BCUT2D eigenvalue weighted by molar-refractivity contribution is 7.81. The summed E-state index contributed by atoms with van der Waals surface area (Å²) in [5.74, 6) is -1.06. The number of nitrogens with zero attached hydrogens (tertiary/aromatic N) is 2. The molecule has 1 aromatic carbocycles. The summed E-state index contributed by atoms with van der Waals surface area (Å²) in [6.07, 6.45) is 1.42. The van der Waals surface area contributed by atoms with Crippen LogP contribution in [-0.4, -0.2) is 109 Å². The molecule has 3 aliphatic rings. The minimum atomic E-state index is -1.85. The minimum absolute atomic E-state index is 0.0729. The van der Waals surface area contributed by atoms with Crippen molar-refractivity contribution in [1.82, 2.24) is 10.2 Å². The molecule has 0 radical (unpaired) electrons. The van der Waals surface area contributed by atoms with Crippen LogP contribution in [-0.2, 0) is 39.8 Å². The minimum Gasteiger partial charge on any atom is -0.495 e. The first kappa shape index (κ1) is 43.4. The monoisotopic (exact) mass is 793 g/mol. The van der Waals surface area contributed by atoms with E-state index in [2.05, 4.69) is 17.9 Å². The maximum atomic E-state index is 14.2. The number of hydrogen-bond acceptors (Lipinski definition) is 11.